The highest BCUT2D eigenvalue weighted by Gasteiger charge is 2.31. The average Bonchev–Trinajstić information content (AvgIpc) is 3.32. The molecule has 4 rings (SSSR count). The topological polar surface area (TPSA) is 88.1 Å². The summed E-state index contributed by atoms with van der Waals surface area (Å²) < 4.78 is 43.1. The van der Waals surface area contributed by atoms with E-state index >= 15 is 0 Å². The van der Waals surface area contributed by atoms with Crippen LogP contribution in [0.3, 0.4) is 0 Å². The number of ether oxygens (including phenoxy) is 1. The van der Waals surface area contributed by atoms with Crippen LogP contribution in [0.5, 0.6) is 5.75 Å². The highest BCUT2D eigenvalue weighted by molar-refractivity contribution is 7.80. The number of hydrogen-bond acceptors (Lipinski definition) is 6. The van der Waals surface area contributed by atoms with E-state index in [9.17, 15) is 13.2 Å². The molecule has 0 amide bonds. The minimum atomic E-state index is -4.76. The van der Waals surface area contributed by atoms with Crippen molar-refractivity contribution in [2.75, 3.05) is 10.6 Å². The van der Waals surface area contributed by atoms with E-state index in [2.05, 4.69) is 56.2 Å². The number of halogens is 3. The predicted octanol–water partition coefficient (Wildman–Crippen LogP) is 6.77. The fraction of sp³-hybridized carbons (Fsp3) is 0.276. The molecule has 4 N–H and O–H groups in total. The molecule has 0 atom stereocenters. The van der Waals surface area contributed by atoms with Crippen LogP contribution in [-0.2, 0) is 6.54 Å². The zero-order valence-electron chi connectivity index (χ0n) is 23.1. The minimum absolute atomic E-state index is 0.0546. The van der Waals surface area contributed by atoms with Crippen LogP contribution in [0.25, 0.3) is 17.1 Å². The van der Waals surface area contributed by atoms with E-state index in [1.807, 2.05) is 56.3 Å². The summed E-state index contributed by atoms with van der Waals surface area (Å²) in [4.78, 5) is 4.63. The van der Waals surface area contributed by atoms with Crippen molar-refractivity contribution in [3.8, 4) is 22.8 Å². The lowest BCUT2D eigenvalue weighted by atomic mass is 10.0. The molecule has 0 fully saturated rings. The Morgan fingerprint density at radius 2 is 1.63 bits per heavy atom. The molecule has 216 valence electrons. The molecule has 4 aromatic rings. The first-order valence-corrected chi connectivity index (χ1v) is 13.5. The number of alkyl halides is 3. The summed E-state index contributed by atoms with van der Waals surface area (Å²) >= 11 is 5.43. The molecule has 0 spiro atoms. The third kappa shape index (κ3) is 8.41. The monoisotopic (exact) mass is 583 g/mol. The molecule has 0 aliphatic carbocycles. The van der Waals surface area contributed by atoms with Gasteiger partial charge in [-0.15, -0.1) is 18.3 Å². The molecular formula is C29H32F3N7OS. The fourth-order valence-corrected chi connectivity index (χ4v) is 4.20. The lowest BCUT2D eigenvalue weighted by molar-refractivity contribution is -0.274. The summed E-state index contributed by atoms with van der Waals surface area (Å²) in [6.45, 7) is 8.70. The Morgan fingerprint density at radius 3 is 2.27 bits per heavy atom. The Morgan fingerprint density at radius 1 is 0.951 bits per heavy atom. The number of anilines is 2. The SMILES string of the molecule is CC(C)Nc1nc(-c2ccc(CNNC(=S)Nc3ccccc3C(C)C)cc2)nn1-c1ccc(OC(F)(F)F)cc1. The summed E-state index contributed by atoms with van der Waals surface area (Å²) in [5.74, 6) is 0.991. The first kappa shape index (κ1) is 29.8. The van der Waals surface area contributed by atoms with Gasteiger partial charge < -0.3 is 15.4 Å². The number of nitrogens with zero attached hydrogens (tertiary/aromatic N) is 3. The van der Waals surface area contributed by atoms with Crippen molar-refractivity contribution in [1.82, 2.24) is 25.6 Å². The van der Waals surface area contributed by atoms with Gasteiger partial charge in [0.15, 0.2) is 10.9 Å². The lowest BCUT2D eigenvalue weighted by Gasteiger charge is -2.16. The van der Waals surface area contributed by atoms with Crippen molar-refractivity contribution in [1.29, 1.82) is 0 Å². The molecular weight excluding hydrogens is 551 g/mol. The Kier molecular flexibility index (Phi) is 9.46. The van der Waals surface area contributed by atoms with Crippen LogP contribution in [0.4, 0.5) is 24.8 Å². The van der Waals surface area contributed by atoms with E-state index in [0.717, 1.165) is 16.8 Å². The van der Waals surface area contributed by atoms with Crippen molar-refractivity contribution >= 4 is 29.0 Å². The third-order valence-corrected chi connectivity index (χ3v) is 6.08. The van der Waals surface area contributed by atoms with Crippen molar-refractivity contribution in [2.45, 2.75) is 52.6 Å². The Bertz CT molecular complexity index is 1450. The van der Waals surface area contributed by atoms with E-state index in [4.69, 9.17) is 12.2 Å². The quantitative estimate of drug-likeness (QED) is 0.120. The van der Waals surface area contributed by atoms with Gasteiger partial charge in [0, 0.05) is 23.8 Å². The van der Waals surface area contributed by atoms with Gasteiger partial charge in [-0.1, -0.05) is 56.3 Å². The maximum absolute atomic E-state index is 12.5. The van der Waals surface area contributed by atoms with E-state index < -0.39 is 6.36 Å². The Labute approximate surface area is 242 Å². The van der Waals surface area contributed by atoms with Gasteiger partial charge in [0.1, 0.15) is 5.75 Å². The molecule has 1 heterocycles. The van der Waals surface area contributed by atoms with Gasteiger partial charge in [-0.05, 0) is 73.4 Å². The van der Waals surface area contributed by atoms with Gasteiger partial charge in [0.05, 0.1) is 5.69 Å². The smallest absolute Gasteiger partial charge is 0.406 e. The highest BCUT2D eigenvalue weighted by atomic mass is 32.1. The fourth-order valence-electron chi connectivity index (χ4n) is 4.02. The van der Waals surface area contributed by atoms with Crippen LogP contribution < -0.4 is 26.2 Å². The number of hydrogen-bond donors (Lipinski definition) is 4. The lowest BCUT2D eigenvalue weighted by Crippen LogP contribution is -2.39. The number of hydrazine groups is 1. The second kappa shape index (κ2) is 13.0. The Balaban J connectivity index is 1.40. The molecule has 3 aromatic carbocycles. The molecule has 0 bridgehead atoms. The number of para-hydroxylation sites is 1. The predicted molar refractivity (Wildman–Crippen MR) is 159 cm³/mol. The van der Waals surface area contributed by atoms with E-state index in [1.54, 1.807) is 4.68 Å². The van der Waals surface area contributed by atoms with Gasteiger partial charge >= 0.3 is 6.36 Å². The minimum Gasteiger partial charge on any atom is -0.406 e. The molecule has 0 unspecified atom stereocenters. The van der Waals surface area contributed by atoms with Crippen LogP contribution in [0, 0.1) is 0 Å². The van der Waals surface area contributed by atoms with Crippen LogP contribution >= 0.6 is 12.2 Å². The average molecular weight is 584 g/mol. The number of thiocarbonyl (C=S) groups is 1. The normalized spacial score (nSPS) is 11.5. The summed E-state index contributed by atoms with van der Waals surface area (Å²) in [6, 6.07) is 21.3. The molecule has 0 saturated carbocycles. The number of aromatic nitrogens is 3. The standard InChI is InChI=1S/C29H32F3N7OS/c1-18(2)24-7-5-6-8-25(24)35-28(41)37-33-17-20-9-11-21(12-10-20)26-36-27(34-19(3)4)39(38-26)22-13-15-23(16-14-22)40-29(30,31)32/h5-16,18-19,33H,17H2,1-4H3,(H,34,36,38)(H2,35,37,41). The second-order valence-electron chi connectivity index (χ2n) is 9.88. The molecule has 12 heteroatoms. The molecule has 0 radical (unpaired) electrons. The largest absolute Gasteiger partial charge is 0.573 e. The van der Waals surface area contributed by atoms with Gasteiger partial charge in [-0.3, -0.25) is 5.43 Å². The van der Waals surface area contributed by atoms with Crippen LogP contribution in [0.2, 0.25) is 0 Å². The first-order chi connectivity index (χ1) is 19.5. The van der Waals surface area contributed by atoms with Crippen molar-refractivity contribution in [2.24, 2.45) is 0 Å². The first-order valence-electron chi connectivity index (χ1n) is 13.1. The summed E-state index contributed by atoms with van der Waals surface area (Å²) in [5.41, 5.74) is 10.6. The zero-order valence-corrected chi connectivity index (χ0v) is 23.9. The summed E-state index contributed by atoms with van der Waals surface area (Å²) in [7, 11) is 0. The maximum atomic E-state index is 12.5. The van der Waals surface area contributed by atoms with Gasteiger partial charge in [0.2, 0.25) is 5.95 Å². The van der Waals surface area contributed by atoms with Gasteiger partial charge in [0.25, 0.3) is 0 Å². The molecule has 0 aliphatic heterocycles. The summed E-state index contributed by atoms with van der Waals surface area (Å²) in [6.07, 6.45) is -4.76. The molecule has 0 saturated heterocycles. The van der Waals surface area contributed by atoms with Crippen molar-refractivity contribution in [3.63, 3.8) is 0 Å². The van der Waals surface area contributed by atoms with Gasteiger partial charge in [-0.2, -0.15) is 9.67 Å². The van der Waals surface area contributed by atoms with Crippen LogP contribution in [0.15, 0.2) is 72.8 Å². The third-order valence-electron chi connectivity index (χ3n) is 5.88. The molecule has 1 aromatic heterocycles. The number of rotatable bonds is 10. The van der Waals surface area contributed by atoms with Crippen molar-refractivity contribution in [3.05, 3.63) is 83.9 Å². The van der Waals surface area contributed by atoms with E-state index in [1.165, 1.54) is 29.8 Å². The zero-order chi connectivity index (χ0) is 29.6. The second-order valence-corrected chi connectivity index (χ2v) is 10.3. The molecule has 0 aliphatic rings. The van der Waals surface area contributed by atoms with E-state index in [0.29, 0.717) is 35.0 Å². The van der Waals surface area contributed by atoms with Crippen LogP contribution in [0.1, 0.15) is 44.7 Å². The maximum Gasteiger partial charge on any atom is 0.573 e. The van der Waals surface area contributed by atoms with Crippen molar-refractivity contribution < 1.29 is 17.9 Å². The van der Waals surface area contributed by atoms with E-state index in [-0.39, 0.29) is 11.8 Å². The van der Waals surface area contributed by atoms with Crippen LogP contribution in [-0.4, -0.2) is 32.3 Å². The number of nitrogens with one attached hydrogen (secondary N) is 4. The number of benzene rings is 3. The molecule has 8 nitrogen and oxygen atoms in total. The Hall–Kier alpha value is -4.16. The molecule has 41 heavy (non-hydrogen) atoms. The highest BCUT2D eigenvalue weighted by Crippen LogP contribution is 2.27. The van der Waals surface area contributed by atoms with Gasteiger partial charge in [-0.25, -0.2) is 5.43 Å². The summed E-state index contributed by atoms with van der Waals surface area (Å²) in [5, 5.41) is 11.5.